The van der Waals surface area contributed by atoms with Crippen molar-refractivity contribution in [3.63, 3.8) is 0 Å². The third-order valence-electron chi connectivity index (χ3n) is 1.66. The molecule has 0 amide bonds. The molecule has 0 bridgehead atoms. The summed E-state index contributed by atoms with van der Waals surface area (Å²) in [4.78, 5) is 10.4. The molecule has 0 aliphatic rings. The van der Waals surface area contributed by atoms with Crippen molar-refractivity contribution in [2.75, 3.05) is 6.26 Å². The molecule has 0 aliphatic carbocycles. The van der Waals surface area contributed by atoms with Gasteiger partial charge in [-0.3, -0.25) is 0 Å². The van der Waals surface area contributed by atoms with E-state index in [2.05, 4.69) is 5.18 Å². The number of nitrogens with zero attached hydrogens (tertiary/aromatic N) is 1. The number of hydrogen-bond donors (Lipinski definition) is 0. The normalized spacial score (nSPS) is 13.6. The number of halogens is 1. The van der Waals surface area contributed by atoms with Gasteiger partial charge in [-0.25, -0.2) is 8.42 Å². The Hall–Kier alpha value is -0.940. The van der Waals surface area contributed by atoms with Gasteiger partial charge in [0.1, 0.15) is 0 Å². The zero-order chi connectivity index (χ0) is 10.8. The van der Waals surface area contributed by atoms with Crippen molar-refractivity contribution in [3.05, 3.63) is 39.8 Å². The van der Waals surface area contributed by atoms with Gasteiger partial charge in [-0.2, -0.15) is 0 Å². The summed E-state index contributed by atoms with van der Waals surface area (Å²) in [7, 11) is -3.50. The van der Waals surface area contributed by atoms with Crippen LogP contribution in [0.3, 0.4) is 0 Å². The molecule has 0 fully saturated rings. The molecule has 0 spiro atoms. The number of sulfone groups is 1. The zero-order valence-corrected chi connectivity index (χ0v) is 8.92. The average molecular weight is 234 g/mol. The fraction of sp³-hybridized carbons (Fsp3) is 0.250. The van der Waals surface area contributed by atoms with Crippen LogP contribution in [0.4, 0.5) is 0 Å². The lowest BCUT2D eigenvalue weighted by Gasteiger charge is -2.06. The van der Waals surface area contributed by atoms with Crippen molar-refractivity contribution in [2.45, 2.75) is 5.37 Å². The van der Waals surface area contributed by atoms with Gasteiger partial charge in [0.2, 0.25) is 5.37 Å². The molecule has 1 atom stereocenters. The van der Waals surface area contributed by atoms with Gasteiger partial charge in [-0.05, 0) is 22.9 Å². The van der Waals surface area contributed by atoms with E-state index in [4.69, 9.17) is 11.6 Å². The Bertz CT molecular complexity index is 426. The minimum atomic E-state index is -3.50. The molecule has 0 heterocycles. The second-order valence-corrected chi connectivity index (χ2v) is 5.38. The van der Waals surface area contributed by atoms with E-state index in [-0.39, 0.29) is 0 Å². The molecule has 0 saturated heterocycles. The van der Waals surface area contributed by atoms with E-state index < -0.39 is 15.2 Å². The maximum atomic E-state index is 11.1. The van der Waals surface area contributed by atoms with E-state index >= 15 is 0 Å². The first-order valence-electron chi connectivity index (χ1n) is 3.72. The van der Waals surface area contributed by atoms with Gasteiger partial charge in [0.25, 0.3) is 0 Å². The smallest absolute Gasteiger partial charge is 0.217 e. The first kappa shape index (κ1) is 11.1. The Balaban J connectivity index is 3.15. The van der Waals surface area contributed by atoms with E-state index in [1.54, 1.807) is 0 Å². The fourth-order valence-corrected chi connectivity index (χ4v) is 1.95. The van der Waals surface area contributed by atoms with Gasteiger partial charge >= 0.3 is 0 Å². The van der Waals surface area contributed by atoms with E-state index in [1.165, 1.54) is 24.3 Å². The topological polar surface area (TPSA) is 63.6 Å². The van der Waals surface area contributed by atoms with E-state index in [9.17, 15) is 13.3 Å². The number of nitroso groups, excluding NO2 is 1. The molecule has 0 radical (unpaired) electrons. The molecular formula is C8H8ClNO3S. The quantitative estimate of drug-likeness (QED) is 0.752. The first-order valence-corrected chi connectivity index (χ1v) is 6.05. The van der Waals surface area contributed by atoms with Gasteiger partial charge in [0, 0.05) is 11.3 Å². The molecule has 0 aliphatic heterocycles. The van der Waals surface area contributed by atoms with Crippen molar-refractivity contribution in [1.29, 1.82) is 0 Å². The summed E-state index contributed by atoms with van der Waals surface area (Å²) in [5.74, 6) is 0. The molecule has 1 rings (SSSR count). The number of hydrogen-bond acceptors (Lipinski definition) is 4. The Labute approximate surface area is 86.8 Å². The molecule has 6 heteroatoms. The highest BCUT2D eigenvalue weighted by atomic mass is 35.5. The minimum Gasteiger partial charge on any atom is -0.226 e. The molecule has 4 nitrogen and oxygen atoms in total. The maximum absolute atomic E-state index is 11.1. The van der Waals surface area contributed by atoms with Crippen LogP contribution in [0.15, 0.2) is 29.4 Å². The average Bonchev–Trinajstić information content (AvgIpc) is 2.07. The fourth-order valence-electron chi connectivity index (χ4n) is 1.01. The summed E-state index contributed by atoms with van der Waals surface area (Å²) in [6.45, 7) is 0. The van der Waals surface area contributed by atoms with Gasteiger partial charge in [-0.15, -0.1) is 4.91 Å². The molecule has 1 aromatic carbocycles. The lowest BCUT2D eigenvalue weighted by Crippen LogP contribution is -2.08. The predicted molar refractivity (Wildman–Crippen MR) is 54.8 cm³/mol. The van der Waals surface area contributed by atoms with Gasteiger partial charge in [0.05, 0.1) is 0 Å². The van der Waals surface area contributed by atoms with Crippen molar-refractivity contribution in [2.24, 2.45) is 5.18 Å². The standard InChI is InChI=1S/C8H8ClNO3S/c1-14(12,13)8(10-11)6-2-4-7(9)5-3-6/h2-5,8H,1H3. The lowest BCUT2D eigenvalue weighted by atomic mass is 10.2. The summed E-state index contributed by atoms with van der Waals surface area (Å²) in [5.41, 5.74) is 0.326. The van der Waals surface area contributed by atoms with Crippen LogP contribution in [0.5, 0.6) is 0 Å². The van der Waals surface area contributed by atoms with Crippen LogP contribution in [0, 0.1) is 4.91 Å². The van der Waals surface area contributed by atoms with Crippen molar-refractivity contribution < 1.29 is 8.42 Å². The van der Waals surface area contributed by atoms with Crippen LogP contribution in [0.2, 0.25) is 5.02 Å². The molecule has 1 unspecified atom stereocenters. The highest BCUT2D eigenvalue weighted by molar-refractivity contribution is 7.90. The van der Waals surface area contributed by atoms with Crippen LogP contribution in [0.25, 0.3) is 0 Å². The predicted octanol–water partition coefficient (Wildman–Crippen LogP) is 2.15. The number of benzene rings is 1. The third-order valence-corrected chi connectivity index (χ3v) is 3.08. The van der Waals surface area contributed by atoms with Gasteiger partial charge in [0.15, 0.2) is 9.84 Å². The SMILES string of the molecule is CS(=O)(=O)C(N=O)c1ccc(Cl)cc1. The van der Waals surface area contributed by atoms with Crippen LogP contribution in [-0.4, -0.2) is 14.7 Å². The minimum absolute atomic E-state index is 0.326. The van der Waals surface area contributed by atoms with Gasteiger partial charge < -0.3 is 0 Å². The highest BCUT2D eigenvalue weighted by Crippen LogP contribution is 2.23. The van der Waals surface area contributed by atoms with Crippen molar-refractivity contribution >= 4 is 21.4 Å². The summed E-state index contributed by atoms with van der Waals surface area (Å²) in [5, 5.41) is 1.71. The lowest BCUT2D eigenvalue weighted by molar-refractivity contribution is 0.590. The van der Waals surface area contributed by atoms with E-state index in [0.717, 1.165) is 6.26 Å². The zero-order valence-electron chi connectivity index (χ0n) is 7.34. The van der Waals surface area contributed by atoms with E-state index in [1.807, 2.05) is 0 Å². The van der Waals surface area contributed by atoms with Gasteiger partial charge in [-0.1, -0.05) is 23.7 Å². The Morgan fingerprint density at radius 3 is 2.14 bits per heavy atom. The molecule has 0 saturated carbocycles. The van der Waals surface area contributed by atoms with Crippen LogP contribution < -0.4 is 0 Å². The van der Waals surface area contributed by atoms with Crippen molar-refractivity contribution in [3.8, 4) is 0 Å². The molecule has 0 N–H and O–H groups in total. The summed E-state index contributed by atoms with van der Waals surface area (Å²) in [6, 6.07) is 5.96. The molecule has 76 valence electrons. The van der Waals surface area contributed by atoms with Crippen LogP contribution in [-0.2, 0) is 9.84 Å². The summed E-state index contributed by atoms with van der Waals surface area (Å²) in [6.07, 6.45) is 0.966. The Kier molecular flexibility index (Phi) is 3.23. The second kappa shape index (κ2) is 4.06. The Morgan fingerprint density at radius 2 is 1.79 bits per heavy atom. The molecular weight excluding hydrogens is 226 g/mol. The monoisotopic (exact) mass is 233 g/mol. The Morgan fingerprint density at radius 1 is 1.29 bits per heavy atom. The summed E-state index contributed by atoms with van der Waals surface area (Å²) >= 11 is 5.62. The third kappa shape index (κ3) is 2.52. The highest BCUT2D eigenvalue weighted by Gasteiger charge is 2.23. The molecule has 0 aromatic heterocycles. The van der Waals surface area contributed by atoms with E-state index in [0.29, 0.717) is 10.6 Å². The molecule has 14 heavy (non-hydrogen) atoms. The molecule has 1 aromatic rings. The number of rotatable bonds is 3. The van der Waals surface area contributed by atoms with Crippen molar-refractivity contribution in [1.82, 2.24) is 0 Å². The summed E-state index contributed by atoms with van der Waals surface area (Å²) < 4.78 is 22.2. The maximum Gasteiger partial charge on any atom is 0.217 e. The second-order valence-electron chi connectivity index (χ2n) is 2.84. The van der Waals surface area contributed by atoms with Crippen LogP contribution in [0.1, 0.15) is 10.9 Å². The van der Waals surface area contributed by atoms with Crippen LogP contribution >= 0.6 is 11.6 Å². The first-order chi connectivity index (χ1) is 6.45. The largest absolute Gasteiger partial charge is 0.226 e.